The second-order valence-electron chi connectivity index (χ2n) is 5.29. The van der Waals surface area contributed by atoms with Crippen LogP contribution in [0.5, 0.6) is 17.2 Å². The number of aryl methyl sites for hydroxylation is 2. The van der Waals surface area contributed by atoms with Crippen LogP contribution >= 0.6 is 0 Å². The van der Waals surface area contributed by atoms with Gasteiger partial charge in [0.2, 0.25) is 0 Å². The quantitative estimate of drug-likeness (QED) is 0.420. The van der Waals surface area contributed by atoms with Crippen molar-refractivity contribution in [1.82, 2.24) is 0 Å². The summed E-state index contributed by atoms with van der Waals surface area (Å²) in [5.74, 6) is 2.31. The fourth-order valence-electron chi connectivity index (χ4n) is 2.14. The van der Waals surface area contributed by atoms with Gasteiger partial charge in [0.15, 0.2) is 6.61 Å². The van der Waals surface area contributed by atoms with Gasteiger partial charge in [-0.25, -0.2) is 0 Å². The molecule has 0 aliphatic carbocycles. The highest BCUT2D eigenvalue weighted by Gasteiger charge is 2.03. The van der Waals surface area contributed by atoms with Crippen molar-refractivity contribution in [2.75, 3.05) is 27.4 Å². The van der Waals surface area contributed by atoms with Gasteiger partial charge in [0.05, 0.1) is 20.4 Å². The molecule has 0 bridgehead atoms. The van der Waals surface area contributed by atoms with Crippen LogP contribution in [-0.2, 0) is 4.84 Å². The van der Waals surface area contributed by atoms with Gasteiger partial charge in [0.25, 0.3) is 0 Å². The van der Waals surface area contributed by atoms with Crippen molar-refractivity contribution in [2.45, 2.75) is 13.8 Å². The van der Waals surface area contributed by atoms with E-state index >= 15 is 0 Å². The third-order valence-electron chi connectivity index (χ3n) is 3.48. The van der Waals surface area contributed by atoms with E-state index in [0.717, 1.165) is 22.6 Å². The predicted molar refractivity (Wildman–Crippen MR) is 94.5 cm³/mol. The minimum absolute atomic E-state index is 0.357. The molecule has 0 atom stereocenters. The van der Waals surface area contributed by atoms with E-state index in [1.165, 1.54) is 5.56 Å². The van der Waals surface area contributed by atoms with Crippen LogP contribution in [0.1, 0.15) is 16.7 Å². The molecule has 0 fully saturated rings. The number of hydrogen-bond donors (Lipinski definition) is 0. The summed E-state index contributed by atoms with van der Waals surface area (Å²) in [6.07, 6.45) is 1.60. The lowest BCUT2D eigenvalue weighted by molar-refractivity contribution is 0.108. The molecule has 0 radical (unpaired) electrons. The van der Waals surface area contributed by atoms with E-state index in [9.17, 15) is 0 Å². The molecule has 0 aliphatic rings. The lowest BCUT2D eigenvalue weighted by atomic mass is 10.1. The smallest absolute Gasteiger partial charge is 0.151 e. The molecule has 0 heterocycles. The molecule has 2 aromatic carbocycles. The number of hydrogen-bond acceptors (Lipinski definition) is 5. The van der Waals surface area contributed by atoms with E-state index in [4.69, 9.17) is 19.0 Å². The first-order valence-corrected chi connectivity index (χ1v) is 7.71. The third-order valence-corrected chi connectivity index (χ3v) is 3.48. The number of rotatable bonds is 8. The Morgan fingerprint density at radius 3 is 2.50 bits per heavy atom. The highest BCUT2D eigenvalue weighted by Crippen LogP contribution is 2.22. The van der Waals surface area contributed by atoms with Gasteiger partial charge in [-0.05, 0) is 49.2 Å². The third kappa shape index (κ3) is 4.91. The van der Waals surface area contributed by atoms with Gasteiger partial charge in [0, 0.05) is 5.56 Å². The molecule has 0 spiro atoms. The number of benzene rings is 2. The summed E-state index contributed by atoms with van der Waals surface area (Å²) in [7, 11) is 3.22. The van der Waals surface area contributed by atoms with Crippen LogP contribution in [0.2, 0.25) is 0 Å². The molecule has 0 amide bonds. The first-order chi connectivity index (χ1) is 11.6. The van der Waals surface area contributed by atoms with E-state index in [1.807, 2.05) is 44.2 Å². The fourth-order valence-corrected chi connectivity index (χ4v) is 2.14. The fraction of sp³-hybridized carbons (Fsp3) is 0.316. The first-order valence-electron chi connectivity index (χ1n) is 7.71. The summed E-state index contributed by atoms with van der Waals surface area (Å²) in [4.78, 5) is 5.25. The van der Waals surface area contributed by atoms with Crippen molar-refractivity contribution in [3.8, 4) is 17.2 Å². The number of oxime groups is 1. The van der Waals surface area contributed by atoms with Crippen LogP contribution in [0.25, 0.3) is 0 Å². The Hall–Kier alpha value is -2.69. The molecule has 0 unspecified atom stereocenters. The van der Waals surface area contributed by atoms with Gasteiger partial charge in [-0.15, -0.1) is 0 Å². The van der Waals surface area contributed by atoms with Crippen LogP contribution in [0, 0.1) is 13.8 Å². The average molecular weight is 329 g/mol. The molecule has 5 heteroatoms. The van der Waals surface area contributed by atoms with Gasteiger partial charge >= 0.3 is 0 Å². The van der Waals surface area contributed by atoms with Crippen LogP contribution < -0.4 is 14.2 Å². The normalized spacial score (nSPS) is 10.7. The lowest BCUT2D eigenvalue weighted by Crippen LogP contribution is -2.05. The second-order valence-corrected chi connectivity index (χ2v) is 5.29. The Bertz CT molecular complexity index is 698. The van der Waals surface area contributed by atoms with E-state index < -0.39 is 0 Å². The maximum atomic E-state index is 5.71. The molecule has 0 saturated heterocycles. The van der Waals surface area contributed by atoms with E-state index in [1.54, 1.807) is 20.4 Å². The van der Waals surface area contributed by atoms with Crippen LogP contribution in [0.3, 0.4) is 0 Å². The zero-order chi connectivity index (χ0) is 17.4. The Balaban J connectivity index is 1.84. The van der Waals surface area contributed by atoms with Gasteiger partial charge in [-0.1, -0.05) is 17.3 Å². The van der Waals surface area contributed by atoms with E-state index in [2.05, 4.69) is 11.2 Å². The maximum absolute atomic E-state index is 5.71. The minimum atomic E-state index is 0.357. The molecule has 0 saturated carbocycles. The van der Waals surface area contributed by atoms with Gasteiger partial charge in [-0.2, -0.15) is 0 Å². The Labute approximate surface area is 142 Å². The van der Waals surface area contributed by atoms with Gasteiger partial charge in [-0.3, -0.25) is 0 Å². The number of ether oxygens (including phenoxy) is 3. The minimum Gasteiger partial charge on any atom is -0.497 e. The summed E-state index contributed by atoms with van der Waals surface area (Å²) >= 11 is 0. The first kappa shape index (κ1) is 17.7. The average Bonchev–Trinajstić information content (AvgIpc) is 2.60. The highest BCUT2D eigenvalue weighted by atomic mass is 16.6. The van der Waals surface area contributed by atoms with Crippen molar-refractivity contribution in [1.29, 1.82) is 0 Å². The molecule has 2 rings (SSSR count). The molecule has 128 valence electrons. The van der Waals surface area contributed by atoms with Gasteiger partial charge in [0.1, 0.15) is 23.9 Å². The standard InChI is InChI=1S/C19H23NO4/c1-14-5-6-15(2)19(11-14)23-9-10-24-20-13-16-12-17(21-3)7-8-18(16)22-4/h5-8,11-13H,9-10H2,1-4H3. The molecule has 24 heavy (non-hydrogen) atoms. The Kier molecular flexibility index (Phi) is 6.49. The zero-order valence-corrected chi connectivity index (χ0v) is 14.5. The van der Waals surface area contributed by atoms with Gasteiger partial charge < -0.3 is 19.0 Å². The molecule has 2 aromatic rings. The Morgan fingerprint density at radius 2 is 1.75 bits per heavy atom. The SMILES string of the molecule is COc1ccc(OC)c(C=NOCCOc2cc(C)ccc2C)c1. The summed E-state index contributed by atoms with van der Waals surface area (Å²) < 4.78 is 16.2. The predicted octanol–water partition coefficient (Wildman–Crippen LogP) is 3.75. The second kappa shape index (κ2) is 8.82. The summed E-state index contributed by atoms with van der Waals surface area (Å²) in [6, 6.07) is 11.6. The van der Waals surface area contributed by atoms with Crippen molar-refractivity contribution < 1.29 is 19.0 Å². The van der Waals surface area contributed by atoms with Crippen LogP contribution in [-0.4, -0.2) is 33.6 Å². The number of nitrogens with zero attached hydrogens (tertiary/aromatic N) is 1. The van der Waals surface area contributed by atoms with Crippen molar-refractivity contribution >= 4 is 6.21 Å². The summed E-state index contributed by atoms with van der Waals surface area (Å²) in [5, 5.41) is 3.96. The maximum Gasteiger partial charge on any atom is 0.151 e. The molecular weight excluding hydrogens is 306 g/mol. The molecule has 0 aliphatic heterocycles. The van der Waals surface area contributed by atoms with Crippen LogP contribution in [0.4, 0.5) is 0 Å². The highest BCUT2D eigenvalue weighted by molar-refractivity contribution is 5.83. The largest absolute Gasteiger partial charge is 0.497 e. The van der Waals surface area contributed by atoms with Crippen molar-refractivity contribution in [2.24, 2.45) is 5.16 Å². The molecule has 0 N–H and O–H groups in total. The summed E-state index contributed by atoms with van der Waals surface area (Å²) in [5.41, 5.74) is 3.05. The molecular formula is C19H23NO4. The zero-order valence-electron chi connectivity index (χ0n) is 14.5. The van der Waals surface area contributed by atoms with E-state index in [-0.39, 0.29) is 0 Å². The van der Waals surface area contributed by atoms with Crippen molar-refractivity contribution in [3.05, 3.63) is 53.1 Å². The van der Waals surface area contributed by atoms with Crippen molar-refractivity contribution in [3.63, 3.8) is 0 Å². The summed E-state index contributed by atoms with van der Waals surface area (Å²) in [6.45, 7) is 4.84. The number of methoxy groups -OCH3 is 2. The van der Waals surface area contributed by atoms with E-state index in [0.29, 0.717) is 19.0 Å². The molecule has 5 nitrogen and oxygen atoms in total. The lowest BCUT2D eigenvalue weighted by Gasteiger charge is -2.09. The molecule has 0 aromatic heterocycles. The van der Waals surface area contributed by atoms with Crippen LogP contribution in [0.15, 0.2) is 41.6 Å². The topological polar surface area (TPSA) is 49.3 Å². The monoisotopic (exact) mass is 329 g/mol. The Morgan fingerprint density at radius 1 is 0.917 bits per heavy atom.